The molecule has 0 aliphatic rings. The standard InChI is InChI=1S/C19H15ClF3N5O2S/c1-11-15(9-25-28(11)16-7-2-12(8-24-16)19(21,22)23)18(30)27-26-17(29)10-31-14-5-3-13(20)4-6-14/h2-9H,10H2,1H3,(H,26,29)(H,27,30). The number of hydrazine groups is 1. The molecule has 0 spiro atoms. The topological polar surface area (TPSA) is 88.9 Å². The Labute approximate surface area is 184 Å². The van der Waals surface area contributed by atoms with E-state index in [1.165, 1.54) is 22.6 Å². The Hall–Kier alpha value is -3.05. The molecule has 0 aliphatic carbocycles. The molecule has 7 nitrogen and oxygen atoms in total. The largest absolute Gasteiger partial charge is 0.417 e. The number of benzene rings is 1. The van der Waals surface area contributed by atoms with E-state index in [1.807, 2.05) is 0 Å². The molecule has 3 rings (SSSR count). The van der Waals surface area contributed by atoms with Crippen molar-refractivity contribution in [2.24, 2.45) is 0 Å². The lowest BCUT2D eigenvalue weighted by Gasteiger charge is -2.09. The number of hydrogen-bond acceptors (Lipinski definition) is 5. The van der Waals surface area contributed by atoms with E-state index in [0.717, 1.165) is 17.0 Å². The van der Waals surface area contributed by atoms with Crippen molar-refractivity contribution >= 4 is 35.2 Å². The fourth-order valence-electron chi connectivity index (χ4n) is 2.45. The molecule has 2 amide bonds. The fourth-order valence-corrected chi connectivity index (χ4v) is 3.28. The van der Waals surface area contributed by atoms with Crippen molar-refractivity contribution in [3.63, 3.8) is 0 Å². The number of hydrogen-bond donors (Lipinski definition) is 2. The third-order valence-electron chi connectivity index (χ3n) is 4.05. The molecule has 0 saturated heterocycles. The maximum atomic E-state index is 12.7. The number of aromatic nitrogens is 3. The summed E-state index contributed by atoms with van der Waals surface area (Å²) in [4.78, 5) is 28.9. The van der Waals surface area contributed by atoms with Crippen LogP contribution in [0.4, 0.5) is 13.2 Å². The summed E-state index contributed by atoms with van der Waals surface area (Å²) in [5.74, 6) is -0.869. The number of nitrogens with one attached hydrogen (secondary N) is 2. The maximum Gasteiger partial charge on any atom is 0.417 e. The third kappa shape index (κ3) is 5.76. The van der Waals surface area contributed by atoms with Crippen LogP contribution in [0.25, 0.3) is 5.82 Å². The third-order valence-corrected chi connectivity index (χ3v) is 5.31. The number of amides is 2. The number of nitrogens with zero attached hydrogens (tertiary/aromatic N) is 3. The fraction of sp³-hybridized carbons (Fsp3) is 0.158. The van der Waals surface area contributed by atoms with E-state index in [0.29, 0.717) is 16.9 Å². The zero-order valence-electron chi connectivity index (χ0n) is 15.9. The molecule has 0 unspecified atom stereocenters. The van der Waals surface area contributed by atoms with Gasteiger partial charge >= 0.3 is 6.18 Å². The summed E-state index contributed by atoms with van der Waals surface area (Å²) >= 11 is 7.07. The summed E-state index contributed by atoms with van der Waals surface area (Å²) in [5.41, 5.74) is 4.17. The van der Waals surface area contributed by atoms with Crippen LogP contribution in [-0.4, -0.2) is 32.3 Å². The van der Waals surface area contributed by atoms with Gasteiger partial charge in [-0.05, 0) is 43.3 Å². The average molecular weight is 470 g/mol. The minimum atomic E-state index is -4.50. The second-order valence-electron chi connectivity index (χ2n) is 6.20. The van der Waals surface area contributed by atoms with Crippen molar-refractivity contribution in [1.82, 2.24) is 25.6 Å². The highest BCUT2D eigenvalue weighted by Gasteiger charge is 2.30. The van der Waals surface area contributed by atoms with Gasteiger partial charge < -0.3 is 0 Å². The lowest BCUT2D eigenvalue weighted by atomic mass is 10.2. The number of rotatable bonds is 5. The van der Waals surface area contributed by atoms with Crippen molar-refractivity contribution in [1.29, 1.82) is 0 Å². The van der Waals surface area contributed by atoms with Gasteiger partial charge in [0.05, 0.1) is 28.8 Å². The van der Waals surface area contributed by atoms with E-state index < -0.39 is 23.6 Å². The number of thioether (sulfide) groups is 1. The molecule has 1 aromatic carbocycles. The van der Waals surface area contributed by atoms with Crippen molar-refractivity contribution in [2.45, 2.75) is 18.0 Å². The van der Waals surface area contributed by atoms with Gasteiger partial charge in [-0.2, -0.15) is 18.3 Å². The first-order valence-electron chi connectivity index (χ1n) is 8.71. The van der Waals surface area contributed by atoms with Crippen molar-refractivity contribution in [3.8, 4) is 5.82 Å². The first-order valence-corrected chi connectivity index (χ1v) is 10.1. The predicted octanol–water partition coefficient (Wildman–Crippen LogP) is 3.80. The van der Waals surface area contributed by atoms with Gasteiger partial charge in [0.2, 0.25) is 5.91 Å². The van der Waals surface area contributed by atoms with Crippen LogP contribution >= 0.6 is 23.4 Å². The summed E-state index contributed by atoms with van der Waals surface area (Å²) in [7, 11) is 0. The number of carbonyl (C=O) groups is 2. The number of halogens is 4. The molecule has 2 heterocycles. The molecule has 0 bridgehead atoms. The Morgan fingerprint density at radius 3 is 2.42 bits per heavy atom. The Bertz CT molecular complexity index is 1090. The maximum absolute atomic E-state index is 12.7. The summed E-state index contributed by atoms with van der Waals surface area (Å²) in [6.45, 7) is 1.56. The number of carbonyl (C=O) groups excluding carboxylic acids is 2. The molecule has 2 N–H and O–H groups in total. The van der Waals surface area contributed by atoms with Crippen molar-refractivity contribution in [3.05, 3.63) is 70.6 Å². The zero-order valence-corrected chi connectivity index (χ0v) is 17.5. The lowest BCUT2D eigenvalue weighted by Crippen LogP contribution is -2.42. The average Bonchev–Trinajstić information content (AvgIpc) is 3.12. The van der Waals surface area contributed by atoms with E-state index in [4.69, 9.17) is 11.6 Å². The highest BCUT2D eigenvalue weighted by molar-refractivity contribution is 8.00. The van der Waals surface area contributed by atoms with Crippen molar-refractivity contribution in [2.75, 3.05) is 5.75 Å². The molecular formula is C19H15ClF3N5O2S. The van der Waals surface area contributed by atoms with E-state index in [-0.39, 0.29) is 17.1 Å². The van der Waals surface area contributed by atoms with Gasteiger partial charge in [0.1, 0.15) is 0 Å². The molecular weight excluding hydrogens is 455 g/mol. The quantitative estimate of drug-likeness (QED) is 0.438. The minimum Gasteiger partial charge on any atom is -0.272 e. The SMILES string of the molecule is Cc1c(C(=O)NNC(=O)CSc2ccc(Cl)cc2)cnn1-c1ccc(C(F)(F)F)cn1. The van der Waals surface area contributed by atoms with E-state index in [9.17, 15) is 22.8 Å². The second kappa shape index (κ2) is 9.40. The molecule has 0 fully saturated rings. The summed E-state index contributed by atoms with van der Waals surface area (Å²) in [6, 6.07) is 8.98. The van der Waals surface area contributed by atoms with Crippen LogP contribution in [0.15, 0.2) is 53.7 Å². The van der Waals surface area contributed by atoms with E-state index >= 15 is 0 Å². The molecule has 0 aliphatic heterocycles. The van der Waals surface area contributed by atoms with Gasteiger partial charge in [0, 0.05) is 16.1 Å². The Balaban J connectivity index is 1.58. The van der Waals surface area contributed by atoms with Gasteiger partial charge in [-0.1, -0.05) is 11.6 Å². The Morgan fingerprint density at radius 2 is 1.81 bits per heavy atom. The normalized spacial score (nSPS) is 11.3. The van der Waals surface area contributed by atoms with Gasteiger partial charge in [-0.25, -0.2) is 9.67 Å². The van der Waals surface area contributed by atoms with Gasteiger partial charge in [0.15, 0.2) is 5.82 Å². The molecule has 0 atom stereocenters. The van der Waals surface area contributed by atoms with Crippen LogP contribution in [0, 0.1) is 6.92 Å². The number of alkyl halides is 3. The van der Waals surface area contributed by atoms with Gasteiger partial charge in [-0.3, -0.25) is 20.4 Å². The van der Waals surface area contributed by atoms with Crippen LogP contribution in [0.2, 0.25) is 5.02 Å². The molecule has 2 aromatic heterocycles. The van der Waals surface area contributed by atoms with E-state index in [2.05, 4.69) is 20.9 Å². The highest BCUT2D eigenvalue weighted by atomic mass is 35.5. The second-order valence-corrected chi connectivity index (χ2v) is 7.69. The van der Waals surface area contributed by atoms with Crippen molar-refractivity contribution < 1.29 is 22.8 Å². The first-order chi connectivity index (χ1) is 14.6. The molecule has 162 valence electrons. The Morgan fingerprint density at radius 1 is 1.10 bits per heavy atom. The molecule has 0 radical (unpaired) electrons. The molecule has 0 saturated carbocycles. The van der Waals surface area contributed by atoms with Gasteiger partial charge in [0.25, 0.3) is 5.91 Å². The number of pyridine rings is 1. The zero-order chi connectivity index (χ0) is 22.6. The molecule has 12 heteroatoms. The van der Waals surface area contributed by atoms with Gasteiger partial charge in [-0.15, -0.1) is 11.8 Å². The minimum absolute atomic E-state index is 0.0651. The predicted molar refractivity (Wildman–Crippen MR) is 109 cm³/mol. The summed E-state index contributed by atoms with van der Waals surface area (Å²) < 4.78 is 39.2. The lowest BCUT2D eigenvalue weighted by molar-refractivity contribution is -0.137. The van der Waals surface area contributed by atoms with Crippen LogP contribution in [0.3, 0.4) is 0 Å². The first kappa shape index (κ1) is 22.6. The van der Waals surface area contributed by atoms with E-state index in [1.54, 1.807) is 31.2 Å². The van der Waals surface area contributed by atoms with Crippen LogP contribution in [-0.2, 0) is 11.0 Å². The van der Waals surface area contributed by atoms with Crippen LogP contribution < -0.4 is 10.9 Å². The Kier molecular flexibility index (Phi) is 6.86. The molecule has 31 heavy (non-hydrogen) atoms. The highest BCUT2D eigenvalue weighted by Crippen LogP contribution is 2.28. The summed E-state index contributed by atoms with van der Waals surface area (Å²) in [6.07, 6.45) is -2.58. The summed E-state index contributed by atoms with van der Waals surface area (Å²) in [5, 5.41) is 4.58. The monoisotopic (exact) mass is 469 g/mol. The van der Waals surface area contributed by atoms with Crippen LogP contribution in [0.5, 0.6) is 0 Å². The molecule has 3 aromatic rings. The van der Waals surface area contributed by atoms with Crippen LogP contribution in [0.1, 0.15) is 21.6 Å². The smallest absolute Gasteiger partial charge is 0.272 e.